The van der Waals surface area contributed by atoms with Crippen LogP contribution in [-0.2, 0) is 4.79 Å². The van der Waals surface area contributed by atoms with E-state index in [2.05, 4.69) is 26.6 Å². The van der Waals surface area contributed by atoms with E-state index in [-0.39, 0.29) is 11.3 Å². The molecule has 1 aliphatic heterocycles. The van der Waals surface area contributed by atoms with Crippen molar-refractivity contribution in [3.05, 3.63) is 27.7 Å². The number of nitrogens with one attached hydrogen (secondary N) is 2. The summed E-state index contributed by atoms with van der Waals surface area (Å²) in [5.74, 6) is 0.0162. The molecule has 1 fully saturated rings. The van der Waals surface area contributed by atoms with Gasteiger partial charge in [0.15, 0.2) is 0 Å². The molecule has 0 spiro atoms. The maximum atomic E-state index is 12.2. The van der Waals surface area contributed by atoms with Gasteiger partial charge >= 0.3 is 0 Å². The van der Waals surface area contributed by atoms with Gasteiger partial charge in [-0.2, -0.15) is 0 Å². The number of anilines is 1. The molecule has 0 saturated carbocycles. The SMILES string of the molecule is CC1(C(=O)Nc2cc(Br)ccc2Cl)CCNC1. The number of benzene rings is 1. The lowest BCUT2D eigenvalue weighted by molar-refractivity contribution is -0.123. The summed E-state index contributed by atoms with van der Waals surface area (Å²) in [5, 5.41) is 6.65. The minimum Gasteiger partial charge on any atom is -0.324 e. The molecule has 3 nitrogen and oxygen atoms in total. The molecular weight excluding hydrogens is 304 g/mol. The van der Waals surface area contributed by atoms with Crippen LogP contribution >= 0.6 is 27.5 Å². The van der Waals surface area contributed by atoms with Crippen molar-refractivity contribution in [2.75, 3.05) is 18.4 Å². The van der Waals surface area contributed by atoms with Crippen LogP contribution in [0.25, 0.3) is 0 Å². The fraction of sp³-hybridized carbons (Fsp3) is 0.417. The maximum Gasteiger partial charge on any atom is 0.231 e. The number of amides is 1. The van der Waals surface area contributed by atoms with Gasteiger partial charge in [0.2, 0.25) is 5.91 Å². The van der Waals surface area contributed by atoms with Crippen molar-refractivity contribution in [1.29, 1.82) is 0 Å². The van der Waals surface area contributed by atoms with E-state index in [1.54, 1.807) is 6.07 Å². The van der Waals surface area contributed by atoms with Crippen molar-refractivity contribution in [1.82, 2.24) is 5.32 Å². The molecule has 1 unspecified atom stereocenters. The van der Waals surface area contributed by atoms with E-state index in [1.165, 1.54) is 0 Å². The summed E-state index contributed by atoms with van der Waals surface area (Å²) in [6.07, 6.45) is 0.852. The van der Waals surface area contributed by atoms with Crippen LogP contribution < -0.4 is 10.6 Å². The third-order valence-corrected chi connectivity index (χ3v) is 3.92. The lowest BCUT2D eigenvalue weighted by Gasteiger charge is -2.21. The van der Waals surface area contributed by atoms with Crippen LogP contribution in [0.2, 0.25) is 5.02 Å². The minimum atomic E-state index is -0.342. The summed E-state index contributed by atoms with van der Waals surface area (Å²) in [4.78, 5) is 12.2. The van der Waals surface area contributed by atoms with E-state index in [0.29, 0.717) is 17.3 Å². The van der Waals surface area contributed by atoms with Gasteiger partial charge in [-0.25, -0.2) is 0 Å². The fourth-order valence-corrected chi connectivity index (χ4v) is 2.40. The van der Waals surface area contributed by atoms with E-state index in [0.717, 1.165) is 17.4 Å². The molecule has 1 aromatic rings. The van der Waals surface area contributed by atoms with Crippen LogP contribution in [-0.4, -0.2) is 19.0 Å². The number of carbonyl (C=O) groups is 1. The van der Waals surface area contributed by atoms with E-state index in [1.807, 2.05) is 19.1 Å². The molecule has 2 rings (SSSR count). The first kappa shape index (κ1) is 12.9. The Labute approximate surface area is 114 Å². The number of hydrogen-bond acceptors (Lipinski definition) is 2. The Morgan fingerprint density at radius 3 is 3.00 bits per heavy atom. The Morgan fingerprint density at radius 1 is 1.59 bits per heavy atom. The highest BCUT2D eigenvalue weighted by Gasteiger charge is 2.36. The van der Waals surface area contributed by atoms with Gasteiger partial charge in [-0.05, 0) is 38.1 Å². The molecule has 0 radical (unpaired) electrons. The average Bonchev–Trinajstić information content (AvgIpc) is 2.72. The quantitative estimate of drug-likeness (QED) is 0.880. The normalized spacial score (nSPS) is 23.7. The zero-order valence-corrected chi connectivity index (χ0v) is 11.9. The van der Waals surface area contributed by atoms with Crippen molar-refractivity contribution in [2.24, 2.45) is 5.41 Å². The van der Waals surface area contributed by atoms with Gasteiger partial charge in [0.05, 0.1) is 16.1 Å². The Hall–Kier alpha value is -0.580. The van der Waals surface area contributed by atoms with Gasteiger partial charge in [-0.1, -0.05) is 27.5 Å². The fourth-order valence-electron chi connectivity index (χ4n) is 1.88. The summed E-state index contributed by atoms with van der Waals surface area (Å²) in [7, 11) is 0. The van der Waals surface area contributed by atoms with Crippen molar-refractivity contribution in [3.63, 3.8) is 0 Å². The van der Waals surface area contributed by atoms with Crippen LogP contribution in [0.4, 0.5) is 5.69 Å². The highest BCUT2D eigenvalue weighted by Crippen LogP contribution is 2.30. The van der Waals surface area contributed by atoms with E-state index in [9.17, 15) is 4.79 Å². The molecule has 2 N–H and O–H groups in total. The van der Waals surface area contributed by atoms with Crippen molar-refractivity contribution < 1.29 is 4.79 Å². The molecule has 1 heterocycles. The van der Waals surface area contributed by atoms with E-state index >= 15 is 0 Å². The molecule has 1 atom stereocenters. The van der Waals surface area contributed by atoms with Gasteiger partial charge in [0, 0.05) is 11.0 Å². The van der Waals surface area contributed by atoms with E-state index < -0.39 is 0 Å². The largest absolute Gasteiger partial charge is 0.324 e. The molecule has 0 aliphatic carbocycles. The maximum absolute atomic E-state index is 12.2. The van der Waals surface area contributed by atoms with Crippen molar-refractivity contribution in [3.8, 4) is 0 Å². The number of rotatable bonds is 2. The third-order valence-electron chi connectivity index (χ3n) is 3.09. The van der Waals surface area contributed by atoms with Gasteiger partial charge < -0.3 is 10.6 Å². The lowest BCUT2D eigenvalue weighted by Crippen LogP contribution is -2.35. The second kappa shape index (κ2) is 4.96. The monoisotopic (exact) mass is 316 g/mol. The molecule has 92 valence electrons. The molecule has 17 heavy (non-hydrogen) atoms. The smallest absolute Gasteiger partial charge is 0.231 e. The molecule has 1 saturated heterocycles. The Kier molecular flexibility index (Phi) is 3.76. The zero-order valence-electron chi connectivity index (χ0n) is 9.52. The topological polar surface area (TPSA) is 41.1 Å². The Morgan fingerprint density at radius 2 is 2.35 bits per heavy atom. The first-order chi connectivity index (χ1) is 8.01. The highest BCUT2D eigenvalue weighted by molar-refractivity contribution is 9.10. The van der Waals surface area contributed by atoms with Crippen LogP contribution in [0.1, 0.15) is 13.3 Å². The summed E-state index contributed by atoms with van der Waals surface area (Å²) in [5.41, 5.74) is 0.310. The molecular formula is C12H14BrClN2O. The average molecular weight is 318 g/mol. The Bertz CT molecular complexity index is 444. The molecule has 0 bridgehead atoms. The predicted octanol–water partition coefficient (Wildman–Crippen LogP) is 3.04. The molecule has 0 aromatic heterocycles. The van der Waals surface area contributed by atoms with Gasteiger partial charge in [-0.15, -0.1) is 0 Å². The number of carbonyl (C=O) groups excluding carboxylic acids is 1. The number of hydrogen-bond donors (Lipinski definition) is 2. The second-order valence-electron chi connectivity index (χ2n) is 4.57. The molecule has 1 aromatic carbocycles. The van der Waals surface area contributed by atoms with Crippen molar-refractivity contribution >= 4 is 39.1 Å². The first-order valence-electron chi connectivity index (χ1n) is 5.48. The molecule has 5 heteroatoms. The first-order valence-corrected chi connectivity index (χ1v) is 6.66. The molecule has 1 aliphatic rings. The van der Waals surface area contributed by atoms with E-state index in [4.69, 9.17) is 11.6 Å². The summed E-state index contributed by atoms with van der Waals surface area (Å²) in [6.45, 7) is 3.56. The zero-order chi connectivity index (χ0) is 12.5. The van der Waals surface area contributed by atoms with Gasteiger partial charge in [0.25, 0.3) is 0 Å². The van der Waals surface area contributed by atoms with Crippen LogP contribution in [0.3, 0.4) is 0 Å². The standard InChI is InChI=1S/C12H14BrClN2O/c1-12(4-5-15-7-12)11(17)16-10-6-8(13)2-3-9(10)14/h2-3,6,15H,4-5,7H2,1H3,(H,16,17). The summed E-state index contributed by atoms with van der Waals surface area (Å²) < 4.78 is 0.895. The van der Waals surface area contributed by atoms with Crippen molar-refractivity contribution in [2.45, 2.75) is 13.3 Å². The van der Waals surface area contributed by atoms with Gasteiger partial charge in [-0.3, -0.25) is 4.79 Å². The van der Waals surface area contributed by atoms with Gasteiger partial charge in [0.1, 0.15) is 0 Å². The third kappa shape index (κ3) is 2.81. The minimum absolute atomic E-state index is 0.0162. The summed E-state index contributed by atoms with van der Waals surface area (Å²) >= 11 is 9.40. The van der Waals surface area contributed by atoms with Crippen LogP contribution in [0.5, 0.6) is 0 Å². The Balaban J connectivity index is 2.15. The highest BCUT2D eigenvalue weighted by atomic mass is 79.9. The van der Waals surface area contributed by atoms with Crippen LogP contribution in [0, 0.1) is 5.41 Å². The number of halogens is 2. The second-order valence-corrected chi connectivity index (χ2v) is 5.89. The predicted molar refractivity (Wildman–Crippen MR) is 73.4 cm³/mol. The van der Waals surface area contributed by atoms with Crippen LogP contribution in [0.15, 0.2) is 22.7 Å². The lowest BCUT2D eigenvalue weighted by atomic mass is 9.89. The summed E-state index contributed by atoms with van der Waals surface area (Å²) in [6, 6.07) is 5.42. The molecule has 1 amide bonds.